The van der Waals surface area contributed by atoms with E-state index in [9.17, 15) is 4.79 Å². The van der Waals surface area contributed by atoms with Crippen LogP contribution in [0.4, 0.5) is 5.69 Å². The molecule has 0 radical (unpaired) electrons. The average Bonchev–Trinajstić information content (AvgIpc) is 2.79. The molecule has 0 aliphatic heterocycles. The van der Waals surface area contributed by atoms with Crippen LogP contribution >= 0.6 is 28.1 Å². The van der Waals surface area contributed by atoms with Crippen molar-refractivity contribution in [3.63, 3.8) is 0 Å². The predicted molar refractivity (Wildman–Crippen MR) is 133 cm³/mol. The normalized spacial score (nSPS) is 10.2. The zero-order valence-corrected chi connectivity index (χ0v) is 19.9. The number of ether oxygens (including phenoxy) is 3. The summed E-state index contributed by atoms with van der Waals surface area (Å²) in [5, 5.41) is 5.85. The van der Waals surface area contributed by atoms with Crippen LogP contribution in [0, 0.1) is 0 Å². The van der Waals surface area contributed by atoms with Crippen molar-refractivity contribution in [2.24, 2.45) is 0 Å². The Balaban J connectivity index is 1.52. The fourth-order valence-electron chi connectivity index (χ4n) is 2.79. The molecule has 3 aromatic rings. The quantitative estimate of drug-likeness (QED) is 0.293. The monoisotopic (exact) mass is 514 g/mol. The highest BCUT2D eigenvalue weighted by Gasteiger charge is 2.15. The predicted octanol–water partition coefficient (Wildman–Crippen LogP) is 5.43. The van der Waals surface area contributed by atoms with Crippen LogP contribution in [-0.2, 0) is 0 Å². The minimum absolute atomic E-state index is 0.169. The highest BCUT2D eigenvalue weighted by molar-refractivity contribution is 9.10. The number of para-hydroxylation sites is 1. The molecular weight excluding hydrogens is 492 g/mol. The third kappa shape index (κ3) is 7.25. The molecule has 0 saturated carbocycles. The lowest BCUT2D eigenvalue weighted by atomic mass is 10.2. The van der Waals surface area contributed by atoms with Crippen molar-refractivity contribution >= 4 is 44.9 Å². The van der Waals surface area contributed by atoms with Gasteiger partial charge in [-0.3, -0.25) is 10.1 Å². The Morgan fingerprint density at radius 2 is 1.62 bits per heavy atom. The second kappa shape index (κ2) is 12.1. The van der Waals surface area contributed by atoms with E-state index in [0.29, 0.717) is 42.6 Å². The molecule has 0 aliphatic carbocycles. The molecule has 0 heterocycles. The highest BCUT2D eigenvalue weighted by atomic mass is 79.9. The van der Waals surface area contributed by atoms with E-state index in [1.807, 2.05) is 61.5 Å². The molecular formula is C24H23BrN2O4S. The number of carbonyl (C=O) groups excluding carboxylic acids is 1. The second-order valence-electron chi connectivity index (χ2n) is 6.52. The van der Waals surface area contributed by atoms with Crippen LogP contribution in [0.2, 0.25) is 0 Å². The van der Waals surface area contributed by atoms with E-state index in [0.717, 1.165) is 10.2 Å². The SMILES string of the molecule is CCOc1ccc(Br)cc1C(=O)NC(=S)Nc1cccc(OCCOc2ccccc2)c1. The maximum absolute atomic E-state index is 12.7. The molecule has 0 saturated heterocycles. The number of amides is 1. The van der Waals surface area contributed by atoms with E-state index < -0.39 is 0 Å². The van der Waals surface area contributed by atoms with E-state index in [4.69, 9.17) is 26.4 Å². The smallest absolute Gasteiger partial charge is 0.261 e. The summed E-state index contributed by atoms with van der Waals surface area (Å²) in [4.78, 5) is 12.7. The third-order valence-electron chi connectivity index (χ3n) is 4.17. The first-order chi connectivity index (χ1) is 15.5. The highest BCUT2D eigenvalue weighted by Crippen LogP contribution is 2.23. The van der Waals surface area contributed by atoms with E-state index in [1.165, 1.54) is 0 Å². The van der Waals surface area contributed by atoms with Crippen LogP contribution in [0.5, 0.6) is 17.2 Å². The van der Waals surface area contributed by atoms with Gasteiger partial charge in [-0.25, -0.2) is 0 Å². The van der Waals surface area contributed by atoms with Crippen LogP contribution in [0.25, 0.3) is 0 Å². The van der Waals surface area contributed by atoms with Crippen molar-refractivity contribution in [2.45, 2.75) is 6.92 Å². The number of hydrogen-bond donors (Lipinski definition) is 2. The van der Waals surface area contributed by atoms with Gasteiger partial charge in [-0.2, -0.15) is 0 Å². The van der Waals surface area contributed by atoms with E-state index >= 15 is 0 Å². The molecule has 6 nitrogen and oxygen atoms in total. The molecule has 0 unspecified atom stereocenters. The molecule has 0 fully saturated rings. The molecule has 1 amide bonds. The van der Waals surface area contributed by atoms with Gasteiger partial charge >= 0.3 is 0 Å². The van der Waals surface area contributed by atoms with Gasteiger partial charge in [-0.05, 0) is 61.6 Å². The molecule has 2 N–H and O–H groups in total. The molecule has 3 rings (SSSR count). The number of benzene rings is 3. The summed E-state index contributed by atoms with van der Waals surface area (Å²) >= 11 is 8.68. The summed E-state index contributed by atoms with van der Waals surface area (Å²) in [5.74, 6) is 1.58. The Bertz CT molecular complexity index is 1060. The Morgan fingerprint density at radius 3 is 2.38 bits per heavy atom. The van der Waals surface area contributed by atoms with Gasteiger partial charge in [0.05, 0.1) is 12.2 Å². The number of thiocarbonyl (C=S) groups is 1. The molecule has 3 aromatic carbocycles. The van der Waals surface area contributed by atoms with Crippen LogP contribution in [0.15, 0.2) is 77.3 Å². The Hall–Kier alpha value is -3.10. The first kappa shape index (κ1) is 23.6. The van der Waals surface area contributed by atoms with Crippen LogP contribution < -0.4 is 24.8 Å². The topological polar surface area (TPSA) is 68.8 Å². The van der Waals surface area contributed by atoms with Gasteiger partial charge in [0.1, 0.15) is 30.5 Å². The van der Waals surface area contributed by atoms with Gasteiger partial charge in [0.25, 0.3) is 5.91 Å². The number of anilines is 1. The molecule has 0 aromatic heterocycles. The van der Waals surface area contributed by atoms with Crippen molar-refractivity contribution in [3.05, 3.63) is 82.8 Å². The minimum atomic E-state index is -0.363. The number of halogens is 1. The lowest BCUT2D eigenvalue weighted by Crippen LogP contribution is -2.34. The summed E-state index contributed by atoms with van der Waals surface area (Å²) in [7, 11) is 0. The molecule has 0 atom stereocenters. The van der Waals surface area contributed by atoms with Crippen molar-refractivity contribution in [1.29, 1.82) is 0 Å². The van der Waals surface area contributed by atoms with Gasteiger partial charge < -0.3 is 19.5 Å². The van der Waals surface area contributed by atoms with E-state index in [-0.39, 0.29) is 11.0 Å². The Morgan fingerprint density at radius 1 is 0.906 bits per heavy atom. The number of hydrogen-bond acceptors (Lipinski definition) is 5. The molecule has 32 heavy (non-hydrogen) atoms. The van der Waals surface area contributed by atoms with Gasteiger partial charge in [-0.15, -0.1) is 0 Å². The van der Waals surface area contributed by atoms with Crippen LogP contribution in [0.1, 0.15) is 17.3 Å². The summed E-state index contributed by atoms with van der Waals surface area (Å²) in [6.45, 7) is 3.13. The summed E-state index contributed by atoms with van der Waals surface area (Å²) in [5.41, 5.74) is 1.08. The lowest BCUT2D eigenvalue weighted by Gasteiger charge is -2.13. The van der Waals surface area contributed by atoms with E-state index in [1.54, 1.807) is 18.2 Å². The van der Waals surface area contributed by atoms with Gasteiger partial charge in [0.2, 0.25) is 0 Å². The van der Waals surface area contributed by atoms with Crippen LogP contribution in [0.3, 0.4) is 0 Å². The van der Waals surface area contributed by atoms with Crippen molar-refractivity contribution in [1.82, 2.24) is 5.32 Å². The zero-order valence-electron chi connectivity index (χ0n) is 17.5. The fraction of sp³-hybridized carbons (Fsp3) is 0.167. The Labute approximate surface area is 201 Å². The molecule has 8 heteroatoms. The number of rotatable bonds is 9. The van der Waals surface area contributed by atoms with Gasteiger partial charge in [0.15, 0.2) is 5.11 Å². The summed E-state index contributed by atoms with van der Waals surface area (Å²) in [6.07, 6.45) is 0. The first-order valence-corrected chi connectivity index (χ1v) is 11.2. The van der Waals surface area contributed by atoms with Crippen molar-refractivity contribution < 1.29 is 19.0 Å². The molecule has 0 bridgehead atoms. The fourth-order valence-corrected chi connectivity index (χ4v) is 3.36. The van der Waals surface area contributed by atoms with Crippen LogP contribution in [-0.4, -0.2) is 30.8 Å². The van der Waals surface area contributed by atoms with Crippen molar-refractivity contribution in [3.8, 4) is 17.2 Å². The largest absolute Gasteiger partial charge is 0.493 e. The molecule has 0 aliphatic rings. The zero-order chi connectivity index (χ0) is 22.8. The maximum atomic E-state index is 12.7. The van der Waals surface area contributed by atoms with Gasteiger partial charge in [0, 0.05) is 16.2 Å². The first-order valence-electron chi connectivity index (χ1n) is 10.0. The Kier molecular flexibility index (Phi) is 8.89. The average molecular weight is 515 g/mol. The summed E-state index contributed by atoms with van der Waals surface area (Å²) < 4.78 is 17.7. The summed E-state index contributed by atoms with van der Waals surface area (Å²) in [6, 6.07) is 22.1. The number of carbonyl (C=O) groups is 1. The lowest BCUT2D eigenvalue weighted by molar-refractivity contribution is 0.0974. The third-order valence-corrected chi connectivity index (χ3v) is 4.87. The second-order valence-corrected chi connectivity index (χ2v) is 7.84. The van der Waals surface area contributed by atoms with E-state index in [2.05, 4.69) is 26.6 Å². The molecule has 0 spiro atoms. The van der Waals surface area contributed by atoms with Crippen molar-refractivity contribution in [2.75, 3.05) is 25.1 Å². The van der Waals surface area contributed by atoms with Gasteiger partial charge in [-0.1, -0.05) is 40.2 Å². The standard InChI is InChI=1S/C24H23BrN2O4S/c1-2-29-22-12-11-17(25)15-21(22)23(28)27-24(32)26-18-7-6-10-20(16-18)31-14-13-30-19-8-4-3-5-9-19/h3-12,15-16H,2,13-14H2,1H3,(H2,26,27,28,32). The minimum Gasteiger partial charge on any atom is -0.493 e. The number of nitrogens with one attached hydrogen (secondary N) is 2. The maximum Gasteiger partial charge on any atom is 0.261 e. The molecule has 166 valence electrons.